The van der Waals surface area contributed by atoms with Crippen molar-refractivity contribution in [1.29, 1.82) is 0 Å². The molecule has 0 aliphatic carbocycles. The average Bonchev–Trinajstić information content (AvgIpc) is 1.81. The summed E-state index contributed by atoms with van der Waals surface area (Å²) in [7, 11) is -0.736. The van der Waals surface area contributed by atoms with Gasteiger partial charge in [0.2, 0.25) is 0 Å². The van der Waals surface area contributed by atoms with Crippen LogP contribution in [0.25, 0.3) is 0 Å². The van der Waals surface area contributed by atoms with E-state index in [2.05, 4.69) is 13.3 Å². The Hall–Kier alpha value is -0.113. The van der Waals surface area contributed by atoms with Crippen LogP contribution in [-0.2, 0) is 13.3 Å². The summed E-state index contributed by atoms with van der Waals surface area (Å²) in [5.74, 6) is 0. The maximum absolute atomic E-state index is 11.3. The topological polar surface area (TPSA) is 27.7 Å². The fraction of sp³-hybridized carbons (Fsp3) is 1.00. The summed E-state index contributed by atoms with van der Waals surface area (Å²) in [6.45, 7) is 0. The van der Waals surface area contributed by atoms with Gasteiger partial charge >= 0.3 is 15.9 Å². The lowest BCUT2D eigenvalue weighted by Gasteiger charge is -2.12. The van der Waals surface area contributed by atoms with Crippen molar-refractivity contribution in [3.05, 3.63) is 0 Å². The molecule has 0 radical (unpaired) electrons. The second kappa shape index (κ2) is 3.91. The Morgan fingerprint density at radius 1 is 1.10 bits per heavy atom. The van der Waals surface area contributed by atoms with Gasteiger partial charge in [0.1, 0.15) is 0 Å². The highest BCUT2D eigenvalue weighted by Gasteiger charge is 2.35. The molecular weight excluding hydrogens is 169 g/mol. The molecule has 10 heavy (non-hydrogen) atoms. The fourth-order valence-corrected chi connectivity index (χ4v) is 0.905. The van der Waals surface area contributed by atoms with Gasteiger partial charge in [0.05, 0.1) is 0 Å². The van der Waals surface area contributed by atoms with Crippen molar-refractivity contribution in [2.24, 2.45) is 0 Å². The van der Waals surface area contributed by atoms with E-state index in [1.165, 1.54) is 0 Å². The van der Waals surface area contributed by atoms with Crippen molar-refractivity contribution in [1.82, 2.24) is 0 Å². The lowest BCUT2D eigenvalue weighted by molar-refractivity contribution is -0.290. The molecule has 0 saturated carbocycles. The van der Waals surface area contributed by atoms with Crippen molar-refractivity contribution < 1.29 is 26.4 Å². The van der Waals surface area contributed by atoms with Crippen molar-refractivity contribution >= 4 is 9.53 Å². The van der Waals surface area contributed by atoms with Crippen molar-refractivity contribution in [2.45, 2.75) is 6.36 Å². The Kier molecular flexibility index (Phi) is 3.87. The highest BCUT2D eigenvalue weighted by molar-refractivity contribution is 6.36. The van der Waals surface area contributed by atoms with Gasteiger partial charge < -0.3 is 8.85 Å². The van der Waals surface area contributed by atoms with Crippen molar-refractivity contribution in [3.63, 3.8) is 0 Å². The molecule has 0 aromatic rings. The maximum atomic E-state index is 11.3. The second-order valence-electron chi connectivity index (χ2n) is 1.32. The summed E-state index contributed by atoms with van der Waals surface area (Å²) in [6.07, 6.45) is -4.66. The highest BCUT2D eigenvalue weighted by Crippen LogP contribution is 2.17. The number of alkyl halides is 3. The molecule has 0 aliphatic heterocycles. The summed E-state index contributed by atoms with van der Waals surface area (Å²) in [5.41, 5.74) is 0. The van der Waals surface area contributed by atoms with Crippen LogP contribution in [0.2, 0.25) is 0 Å². The Morgan fingerprint density at radius 3 is 1.60 bits per heavy atom. The quantitative estimate of drug-likeness (QED) is 0.587. The zero-order valence-corrected chi connectivity index (χ0v) is 6.59. The minimum Gasteiger partial charge on any atom is -0.379 e. The zero-order chi connectivity index (χ0) is 8.20. The SMILES string of the molecule is CO[SiH](OC)OC(F)(F)F. The smallest absolute Gasteiger partial charge is 0.379 e. The van der Waals surface area contributed by atoms with E-state index in [1.807, 2.05) is 0 Å². The second-order valence-corrected chi connectivity index (χ2v) is 3.08. The Labute approximate surface area is 57.7 Å². The standard InChI is InChI=1S/C3H7F3O3Si/c1-7-10(8-2)9-3(4,5)6/h10H,1-2H3. The van der Waals surface area contributed by atoms with Gasteiger partial charge in [-0.25, -0.2) is 0 Å². The van der Waals surface area contributed by atoms with E-state index < -0.39 is 15.9 Å². The van der Waals surface area contributed by atoms with Gasteiger partial charge in [-0.15, -0.1) is 13.2 Å². The van der Waals surface area contributed by atoms with E-state index in [1.54, 1.807) is 0 Å². The first-order valence-electron chi connectivity index (χ1n) is 2.29. The molecule has 0 aromatic heterocycles. The Morgan fingerprint density at radius 2 is 1.50 bits per heavy atom. The molecule has 0 aromatic carbocycles. The van der Waals surface area contributed by atoms with Crippen LogP contribution in [0.3, 0.4) is 0 Å². The number of hydrogen-bond donors (Lipinski definition) is 0. The Balaban J connectivity index is 3.63. The highest BCUT2D eigenvalue weighted by atomic mass is 28.3. The van der Waals surface area contributed by atoms with E-state index in [0.717, 1.165) is 14.2 Å². The van der Waals surface area contributed by atoms with Gasteiger partial charge in [-0.3, -0.25) is 4.43 Å². The summed E-state index contributed by atoms with van der Waals surface area (Å²) in [4.78, 5) is 0. The predicted molar refractivity (Wildman–Crippen MR) is 28.3 cm³/mol. The van der Waals surface area contributed by atoms with Crippen LogP contribution in [-0.4, -0.2) is 30.1 Å². The molecule has 62 valence electrons. The molecule has 0 aliphatic rings. The first-order chi connectivity index (χ1) is 4.49. The van der Waals surface area contributed by atoms with E-state index in [9.17, 15) is 13.2 Å². The van der Waals surface area contributed by atoms with Gasteiger partial charge in [-0.2, -0.15) is 0 Å². The third-order valence-corrected chi connectivity index (χ3v) is 1.84. The van der Waals surface area contributed by atoms with Gasteiger partial charge in [0.15, 0.2) is 0 Å². The monoisotopic (exact) mass is 176 g/mol. The maximum Gasteiger partial charge on any atom is 0.515 e. The van der Waals surface area contributed by atoms with E-state index in [4.69, 9.17) is 0 Å². The molecule has 3 nitrogen and oxygen atoms in total. The summed E-state index contributed by atoms with van der Waals surface area (Å²) >= 11 is 0. The number of halogens is 3. The van der Waals surface area contributed by atoms with E-state index in [0.29, 0.717) is 0 Å². The fourth-order valence-electron chi connectivity index (χ4n) is 0.302. The molecule has 0 heterocycles. The molecule has 0 rings (SSSR count). The van der Waals surface area contributed by atoms with Crippen molar-refractivity contribution in [3.8, 4) is 0 Å². The van der Waals surface area contributed by atoms with Crippen LogP contribution in [0.5, 0.6) is 0 Å². The molecule has 0 amide bonds. The molecule has 0 atom stereocenters. The summed E-state index contributed by atoms with van der Waals surface area (Å²) < 4.78 is 45.9. The average molecular weight is 176 g/mol. The molecule has 0 bridgehead atoms. The van der Waals surface area contributed by atoms with Gasteiger partial charge in [0.25, 0.3) is 0 Å². The van der Waals surface area contributed by atoms with Crippen LogP contribution in [0.15, 0.2) is 0 Å². The van der Waals surface area contributed by atoms with E-state index in [-0.39, 0.29) is 0 Å². The minimum absolute atomic E-state index is 1.10. The first-order valence-corrected chi connectivity index (χ1v) is 3.71. The van der Waals surface area contributed by atoms with Crippen molar-refractivity contribution in [2.75, 3.05) is 14.2 Å². The molecule has 7 heteroatoms. The largest absolute Gasteiger partial charge is 0.515 e. The van der Waals surface area contributed by atoms with Crippen LogP contribution in [0.1, 0.15) is 0 Å². The minimum atomic E-state index is -4.66. The van der Waals surface area contributed by atoms with Crippen LogP contribution < -0.4 is 0 Å². The molecular formula is C3H7F3O3Si. The zero-order valence-electron chi connectivity index (χ0n) is 5.44. The van der Waals surface area contributed by atoms with Gasteiger partial charge in [-0.1, -0.05) is 0 Å². The predicted octanol–water partition coefficient (Wildman–Crippen LogP) is 0.533. The van der Waals surface area contributed by atoms with E-state index >= 15 is 0 Å². The third-order valence-electron chi connectivity index (χ3n) is 0.615. The molecule has 0 fully saturated rings. The molecule has 0 saturated heterocycles. The normalized spacial score (nSPS) is 12.6. The van der Waals surface area contributed by atoms with Gasteiger partial charge in [-0.05, 0) is 0 Å². The molecule has 0 spiro atoms. The summed E-state index contributed by atoms with van der Waals surface area (Å²) in [6, 6.07) is 0. The lowest BCUT2D eigenvalue weighted by Crippen LogP contribution is -2.31. The van der Waals surface area contributed by atoms with Crippen LogP contribution >= 0.6 is 0 Å². The first kappa shape index (κ1) is 9.89. The lowest BCUT2D eigenvalue weighted by atomic mass is 11.4. The Bertz CT molecular complexity index is 91.5. The van der Waals surface area contributed by atoms with Crippen LogP contribution in [0, 0.1) is 0 Å². The number of hydrogen-bond acceptors (Lipinski definition) is 3. The molecule has 0 N–H and O–H groups in total. The van der Waals surface area contributed by atoms with Crippen LogP contribution in [0.4, 0.5) is 13.2 Å². The number of rotatable bonds is 3. The third kappa shape index (κ3) is 4.74. The summed E-state index contributed by atoms with van der Waals surface area (Å²) in [5, 5.41) is 0. The molecule has 0 unspecified atom stereocenters. The van der Waals surface area contributed by atoms with Gasteiger partial charge in [0, 0.05) is 14.2 Å².